The van der Waals surface area contributed by atoms with Crippen molar-refractivity contribution in [3.63, 3.8) is 0 Å². The van der Waals surface area contributed by atoms with Crippen LogP contribution >= 0.6 is 0 Å². The number of rotatable bonds is 6. The second-order valence-electron chi connectivity index (χ2n) is 5.08. The van der Waals surface area contributed by atoms with E-state index in [0.717, 1.165) is 26.2 Å². The molecular weight excluding hydrogens is 228 g/mol. The Balaban J connectivity index is 1.76. The smallest absolute Gasteiger partial charge is 0.213 e. The maximum Gasteiger partial charge on any atom is 0.213 e. The average molecular weight is 250 g/mol. The summed E-state index contributed by atoms with van der Waals surface area (Å²) in [5.74, 6) is 1.23. The van der Waals surface area contributed by atoms with Gasteiger partial charge in [0.15, 0.2) is 0 Å². The Morgan fingerprint density at radius 1 is 1.50 bits per heavy atom. The summed E-state index contributed by atoms with van der Waals surface area (Å²) in [5, 5.41) is 3.36. The SMILES string of the molecule is CC(C)NCc1ccc(OCC2CCOC2)nc1. The van der Waals surface area contributed by atoms with Crippen LogP contribution < -0.4 is 10.1 Å². The summed E-state index contributed by atoms with van der Waals surface area (Å²) in [6, 6.07) is 4.49. The maximum atomic E-state index is 5.66. The van der Waals surface area contributed by atoms with E-state index in [4.69, 9.17) is 9.47 Å². The molecule has 1 unspecified atom stereocenters. The Labute approximate surface area is 109 Å². The summed E-state index contributed by atoms with van der Waals surface area (Å²) in [6.07, 6.45) is 2.96. The van der Waals surface area contributed by atoms with E-state index in [-0.39, 0.29) is 0 Å². The van der Waals surface area contributed by atoms with Crippen LogP contribution in [0.1, 0.15) is 25.8 Å². The van der Waals surface area contributed by atoms with Crippen LogP contribution in [-0.2, 0) is 11.3 Å². The molecule has 1 aliphatic heterocycles. The van der Waals surface area contributed by atoms with Crippen LogP contribution in [0.2, 0.25) is 0 Å². The topological polar surface area (TPSA) is 43.4 Å². The van der Waals surface area contributed by atoms with Gasteiger partial charge < -0.3 is 14.8 Å². The van der Waals surface area contributed by atoms with E-state index >= 15 is 0 Å². The molecule has 0 radical (unpaired) electrons. The second-order valence-corrected chi connectivity index (χ2v) is 5.08. The highest BCUT2D eigenvalue weighted by Crippen LogP contribution is 2.15. The van der Waals surface area contributed by atoms with Gasteiger partial charge in [0, 0.05) is 37.4 Å². The Morgan fingerprint density at radius 3 is 3.00 bits per heavy atom. The lowest BCUT2D eigenvalue weighted by Gasteiger charge is -2.10. The standard InChI is InChI=1S/C14H22N2O2/c1-11(2)15-7-12-3-4-14(16-8-12)18-10-13-5-6-17-9-13/h3-4,8,11,13,15H,5-7,9-10H2,1-2H3. The minimum Gasteiger partial charge on any atom is -0.477 e. The molecule has 4 nitrogen and oxygen atoms in total. The molecule has 1 fully saturated rings. The van der Waals surface area contributed by atoms with E-state index in [1.807, 2.05) is 12.3 Å². The third-order valence-corrected chi connectivity index (χ3v) is 3.00. The molecule has 0 aliphatic carbocycles. The Hall–Kier alpha value is -1.13. The first-order chi connectivity index (χ1) is 8.74. The highest BCUT2D eigenvalue weighted by Gasteiger charge is 2.16. The van der Waals surface area contributed by atoms with E-state index in [1.54, 1.807) is 0 Å². The van der Waals surface area contributed by atoms with Gasteiger partial charge in [0.2, 0.25) is 5.88 Å². The number of ether oxygens (including phenoxy) is 2. The molecular formula is C14H22N2O2. The zero-order valence-electron chi connectivity index (χ0n) is 11.2. The van der Waals surface area contributed by atoms with Gasteiger partial charge in [-0.3, -0.25) is 0 Å². The van der Waals surface area contributed by atoms with Crippen LogP contribution in [0.3, 0.4) is 0 Å². The van der Waals surface area contributed by atoms with Gasteiger partial charge >= 0.3 is 0 Å². The van der Waals surface area contributed by atoms with Crippen molar-refractivity contribution in [2.24, 2.45) is 5.92 Å². The van der Waals surface area contributed by atoms with E-state index in [0.29, 0.717) is 24.4 Å². The van der Waals surface area contributed by atoms with Crippen LogP contribution in [-0.4, -0.2) is 30.8 Å². The third kappa shape index (κ3) is 4.27. The Kier molecular flexibility index (Phi) is 4.96. The molecule has 0 aromatic carbocycles. The highest BCUT2D eigenvalue weighted by atomic mass is 16.5. The molecule has 0 spiro atoms. The van der Waals surface area contributed by atoms with Gasteiger partial charge in [0.25, 0.3) is 0 Å². The number of nitrogens with one attached hydrogen (secondary N) is 1. The molecule has 1 atom stereocenters. The summed E-state index contributed by atoms with van der Waals surface area (Å²) in [6.45, 7) is 7.50. The van der Waals surface area contributed by atoms with Crippen molar-refractivity contribution in [2.75, 3.05) is 19.8 Å². The van der Waals surface area contributed by atoms with Crippen LogP contribution in [0.4, 0.5) is 0 Å². The molecule has 0 bridgehead atoms. The molecule has 0 saturated carbocycles. The molecule has 2 rings (SSSR count). The van der Waals surface area contributed by atoms with Crippen LogP contribution in [0, 0.1) is 5.92 Å². The van der Waals surface area contributed by atoms with Gasteiger partial charge in [0.05, 0.1) is 13.2 Å². The van der Waals surface area contributed by atoms with Crippen molar-refractivity contribution in [2.45, 2.75) is 32.9 Å². The molecule has 4 heteroatoms. The molecule has 18 heavy (non-hydrogen) atoms. The van der Waals surface area contributed by atoms with Gasteiger partial charge in [-0.25, -0.2) is 4.98 Å². The fraction of sp³-hybridized carbons (Fsp3) is 0.643. The van der Waals surface area contributed by atoms with Crippen molar-refractivity contribution >= 4 is 0 Å². The quantitative estimate of drug-likeness (QED) is 0.838. The van der Waals surface area contributed by atoms with Gasteiger partial charge in [-0.2, -0.15) is 0 Å². The van der Waals surface area contributed by atoms with Crippen molar-refractivity contribution in [3.05, 3.63) is 23.9 Å². The third-order valence-electron chi connectivity index (χ3n) is 3.00. The lowest BCUT2D eigenvalue weighted by atomic mass is 10.1. The summed E-state index contributed by atoms with van der Waals surface area (Å²) in [5.41, 5.74) is 1.18. The molecule has 2 heterocycles. The number of pyridine rings is 1. The number of hydrogen-bond acceptors (Lipinski definition) is 4. The van der Waals surface area contributed by atoms with E-state index < -0.39 is 0 Å². The first-order valence-corrected chi connectivity index (χ1v) is 6.63. The molecule has 1 N–H and O–H groups in total. The van der Waals surface area contributed by atoms with Crippen molar-refractivity contribution in [1.29, 1.82) is 0 Å². The number of hydrogen-bond donors (Lipinski definition) is 1. The fourth-order valence-corrected chi connectivity index (χ4v) is 1.84. The molecule has 1 aromatic rings. The van der Waals surface area contributed by atoms with Crippen molar-refractivity contribution in [3.8, 4) is 5.88 Å². The minimum atomic E-state index is 0.489. The summed E-state index contributed by atoms with van der Waals surface area (Å²) in [4.78, 5) is 4.31. The first-order valence-electron chi connectivity index (χ1n) is 6.63. The zero-order chi connectivity index (χ0) is 12.8. The molecule has 1 aromatic heterocycles. The fourth-order valence-electron chi connectivity index (χ4n) is 1.84. The molecule has 1 aliphatic rings. The van der Waals surface area contributed by atoms with Gasteiger partial charge in [0.1, 0.15) is 0 Å². The molecule has 100 valence electrons. The largest absolute Gasteiger partial charge is 0.477 e. The normalized spacial score (nSPS) is 19.4. The zero-order valence-corrected chi connectivity index (χ0v) is 11.2. The average Bonchev–Trinajstić information content (AvgIpc) is 2.88. The lowest BCUT2D eigenvalue weighted by Crippen LogP contribution is -2.21. The Bertz CT molecular complexity index is 345. The minimum absolute atomic E-state index is 0.489. The molecule has 0 amide bonds. The van der Waals surface area contributed by atoms with E-state index in [1.165, 1.54) is 5.56 Å². The predicted octanol–water partition coefficient (Wildman–Crippen LogP) is 1.99. The summed E-state index contributed by atoms with van der Waals surface area (Å²) >= 11 is 0. The Morgan fingerprint density at radius 2 is 2.39 bits per heavy atom. The maximum absolute atomic E-state index is 5.66. The van der Waals surface area contributed by atoms with Crippen molar-refractivity contribution < 1.29 is 9.47 Å². The highest BCUT2D eigenvalue weighted by molar-refractivity contribution is 5.17. The summed E-state index contributed by atoms with van der Waals surface area (Å²) in [7, 11) is 0. The summed E-state index contributed by atoms with van der Waals surface area (Å²) < 4.78 is 11.0. The van der Waals surface area contributed by atoms with E-state index in [2.05, 4.69) is 30.2 Å². The van der Waals surface area contributed by atoms with Crippen LogP contribution in [0.15, 0.2) is 18.3 Å². The first kappa shape index (κ1) is 13.3. The predicted molar refractivity (Wildman–Crippen MR) is 70.6 cm³/mol. The number of aromatic nitrogens is 1. The van der Waals surface area contributed by atoms with Crippen LogP contribution in [0.25, 0.3) is 0 Å². The number of nitrogens with zero attached hydrogens (tertiary/aromatic N) is 1. The van der Waals surface area contributed by atoms with Crippen LogP contribution in [0.5, 0.6) is 5.88 Å². The molecule has 1 saturated heterocycles. The van der Waals surface area contributed by atoms with Crippen molar-refractivity contribution in [1.82, 2.24) is 10.3 Å². The van der Waals surface area contributed by atoms with Gasteiger partial charge in [-0.1, -0.05) is 19.9 Å². The monoisotopic (exact) mass is 250 g/mol. The van der Waals surface area contributed by atoms with Gasteiger partial charge in [-0.05, 0) is 12.0 Å². The lowest BCUT2D eigenvalue weighted by molar-refractivity contribution is 0.165. The van der Waals surface area contributed by atoms with Gasteiger partial charge in [-0.15, -0.1) is 0 Å². The van der Waals surface area contributed by atoms with E-state index in [9.17, 15) is 0 Å². The second kappa shape index (κ2) is 6.71.